The van der Waals surface area contributed by atoms with Gasteiger partial charge < -0.3 is 15.3 Å². The van der Waals surface area contributed by atoms with Crippen LogP contribution in [0.3, 0.4) is 0 Å². The van der Waals surface area contributed by atoms with Crippen molar-refractivity contribution in [2.75, 3.05) is 11.9 Å². The number of benzene rings is 1. The van der Waals surface area contributed by atoms with Crippen LogP contribution in [0, 0.1) is 0 Å². The molecule has 2 amide bonds. The van der Waals surface area contributed by atoms with Crippen LogP contribution in [0.4, 0.5) is 10.5 Å². The Morgan fingerprint density at radius 2 is 2.15 bits per heavy atom. The molecule has 1 aliphatic carbocycles. The van der Waals surface area contributed by atoms with E-state index in [4.69, 9.17) is 16.7 Å². The minimum absolute atomic E-state index is 0.0978. The van der Waals surface area contributed by atoms with E-state index < -0.39 is 5.97 Å². The SMILES string of the molecule is CCCN(C(=O)Nc1ccc(C(=O)O)cc1Cl)C1CC1. The van der Waals surface area contributed by atoms with Crippen molar-refractivity contribution >= 4 is 29.3 Å². The van der Waals surface area contributed by atoms with Crippen molar-refractivity contribution in [3.63, 3.8) is 0 Å². The molecule has 1 aromatic carbocycles. The lowest BCUT2D eigenvalue weighted by Gasteiger charge is -2.22. The highest BCUT2D eigenvalue weighted by Crippen LogP contribution is 2.29. The number of hydrogen-bond donors (Lipinski definition) is 2. The predicted octanol–water partition coefficient (Wildman–Crippen LogP) is 3.44. The Morgan fingerprint density at radius 3 is 2.65 bits per heavy atom. The van der Waals surface area contributed by atoms with Gasteiger partial charge in [0, 0.05) is 12.6 Å². The Hall–Kier alpha value is -1.75. The summed E-state index contributed by atoms with van der Waals surface area (Å²) in [4.78, 5) is 24.8. The van der Waals surface area contributed by atoms with E-state index in [-0.39, 0.29) is 16.6 Å². The summed E-state index contributed by atoms with van der Waals surface area (Å²) in [6.07, 6.45) is 2.98. The average Bonchev–Trinajstić information content (AvgIpc) is 3.22. The lowest BCUT2D eigenvalue weighted by atomic mass is 10.2. The number of urea groups is 1. The molecule has 1 saturated carbocycles. The number of nitrogens with zero attached hydrogens (tertiary/aromatic N) is 1. The normalized spacial score (nSPS) is 13.9. The van der Waals surface area contributed by atoms with Gasteiger partial charge in [-0.25, -0.2) is 9.59 Å². The smallest absolute Gasteiger partial charge is 0.335 e. The minimum atomic E-state index is -1.05. The fourth-order valence-electron chi connectivity index (χ4n) is 2.01. The fourth-order valence-corrected chi connectivity index (χ4v) is 2.24. The summed E-state index contributed by atoms with van der Waals surface area (Å²) in [5, 5.41) is 11.8. The number of rotatable bonds is 5. The highest BCUT2D eigenvalue weighted by atomic mass is 35.5. The van der Waals surface area contributed by atoms with Gasteiger partial charge in [0.25, 0.3) is 0 Å². The van der Waals surface area contributed by atoms with Crippen LogP contribution in [-0.4, -0.2) is 34.6 Å². The predicted molar refractivity (Wildman–Crippen MR) is 77.4 cm³/mol. The molecule has 0 aromatic heterocycles. The number of nitrogens with one attached hydrogen (secondary N) is 1. The van der Waals surface area contributed by atoms with Gasteiger partial charge in [0.15, 0.2) is 0 Å². The van der Waals surface area contributed by atoms with E-state index >= 15 is 0 Å². The van der Waals surface area contributed by atoms with Crippen LogP contribution in [0.2, 0.25) is 5.02 Å². The van der Waals surface area contributed by atoms with Crippen LogP contribution in [0.1, 0.15) is 36.5 Å². The molecule has 108 valence electrons. The molecule has 2 N–H and O–H groups in total. The summed E-state index contributed by atoms with van der Waals surface area (Å²) < 4.78 is 0. The van der Waals surface area contributed by atoms with Gasteiger partial charge >= 0.3 is 12.0 Å². The molecule has 5 nitrogen and oxygen atoms in total. The molecule has 0 unspecified atom stereocenters. The molecular weight excluding hydrogens is 280 g/mol. The van der Waals surface area contributed by atoms with Gasteiger partial charge in [0.2, 0.25) is 0 Å². The van der Waals surface area contributed by atoms with Crippen LogP contribution in [0.25, 0.3) is 0 Å². The zero-order chi connectivity index (χ0) is 14.7. The minimum Gasteiger partial charge on any atom is -0.478 e. The Balaban J connectivity index is 2.08. The molecule has 6 heteroatoms. The molecule has 0 spiro atoms. The number of carboxylic acids is 1. The van der Waals surface area contributed by atoms with Gasteiger partial charge in [-0.1, -0.05) is 18.5 Å². The quantitative estimate of drug-likeness (QED) is 0.874. The average molecular weight is 297 g/mol. The number of halogens is 1. The lowest BCUT2D eigenvalue weighted by molar-refractivity contribution is 0.0697. The number of carbonyl (C=O) groups is 2. The molecule has 0 saturated heterocycles. The molecular formula is C14H17ClN2O3. The fraction of sp³-hybridized carbons (Fsp3) is 0.429. The third-order valence-corrected chi connectivity index (χ3v) is 3.48. The number of carbonyl (C=O) groups excluding carboxylic acids is 1. The Labute approximate surface area is 122 Å². The summed E-state index contributed by atoms with van der Waals surface area (Å²) >= 11 is 6.00. The highest BCUT2D eigenvalue weighted by Gasteiger charge is 2.32. The van der Waals surface area contributed by atoms with E-state index in [1.54, 1.807) is 4.90 Å². The van der Waals surface area contributed by atoms with E-state index in [1.165, 1.54) is 18.2 Å². The van der Waals surface area contributed by atoms with Crippen molar-refractivity contribution in [1.82, 2.24) is 4.90 Å². The second-order valence-electron chi connectivity index (χ2n) is 4.85. The van der Waals surface area contributed by atoms with E-state index in [0.29, 0.717) is 18.3 Å². The van der Waals surface area contributed by atoms with Crippen molar-refractivity contribution in [2.45, 2.75) is 32.2 Å². The third-order valence-electron chi connectivity index (χ3n) is 3.17. The van der Waals surface area contributed by atoms with Gasteiger partial charge in [-0.3, -0.25) is 0 Å². The molecule has 0 atom stereocenters. The Kier molecular flexibility index (Phi) is 4.49. The third kappa shape index (κ3) is 3.42. The van der Waals surface area contributed by atoms with Crippen LogP contribution in [-0.2, 0) is 0 Å². The van der Waals surface area contributed by atoms with Gasteiger partial charge in [0.05, 0.1) is 16.3 Å². The number of aromatic carboxylic acids is 1. The van der Waals surface area contributed by atoms with E-state index in [1.807, 2.05) is 6.92 Å². The van der Waals surface area contributed by atoms with Gasteiger partial charge in [-0.15, -0.1) is 0 Å². The van der Waals surface area contributed by atoms with Crippen molar-refractivity contribution in [3.05, 3.63) is 28.8 Å². The van der Waals surface area contributed by atoms with Gasteiger partial charge in [0.1, 0.15) is 0 Å². The van der Waals surface area contributed by atoms with Crippen LogP contribution < -0.4 is 5.32 Å². The topological polar surface area (TPSA) is 69.6 Å². The van der Waals surface area contributed by atoms with Crippen molar-refractivity contribution in [1.29, 1.82) is 0 Å². The molecule has 0 heterocycles. The maximum Gasteiger partial charge on any atom is 0.335 e. The monoisotopic (exact) mass is 296 g/mol. The molecule has 0 bridgehead atoms. The molecule has 1 aromatic rings. The van der Waals surface area contributed by atoms with E-state index in [9.17, 15) is 9.59 Å². The maximum absolute atomic E-state index is 12.2. The van der Waals surface area contributed by atoms with Crippen molar-refractivity contribution in [2.24, 2.45) is 0 Å². The zero-order valence-corrected chi connectivity index (χ0v) is 12.0. The Bertz CT molecular complexity index is 529. The number of amides is 2. The van der Waals surface area contributed by atoms with Crippen molar-refractivity contribution in [3.8, 4) is 0 Å². The first-order valence-electron chi connectivity index (χ1n) is 6.63. The molecule has 1 fully saturated rings. The highest BCUT2D eigenvalue weighted by molar-refractivity contribution is 6.34. The summed E-state index contributed by atoms with van der Waals surface area (Å²) in [6.45, 7) is 2.73. The lowest BCUT2D eigenvalue weighted by Crippen LogP contribution is -2.37. The van der Waals surface area contributed by atoms with Gasteiger partial charge in [-0.2, -0.15) is 0 Å². The summed E-state index contributed by atoms with van der Waals surface area (Å²) in [7, 11) is 0. The first-order chi connectivity index (χ1) is 9.52. The molecule has 0 aliphatic heterocycles. The van der Waals surface area contributed by atoms with Crippen LogP contribution >= 0.6 is 11.6 Å². The summed E-state index contributed by atoms with van der Waals surface area (Å²) in [5.41, 5.74) is 0.532. The number of anilines is 1. The van der Waals surface area contributed by atoms with Gasteiger partial charge in [-0.05, 0) is 37.5 Å². The maximum atomic E-state index is 12.2. The number of carboxylic acid groups (broad SMARTS) is 1. The largest absolute Gasteiger partial charge is 0.478 e. The summed E-state index contributed by atoms with van der Waals surface area (Å²) in [6, 6.07) is 4.42. The molecule has 20 heavy (non-hydrogen) atoms. The van der Waals surface area contributed by atoms with Crippen molar-refractivity contribution < 1.29 is 14.7 Å². The first-order valence-corrected chi connectivity index (χ1v) is 7.01. The number of hydrogen-bond acceptors (Lipinski definition) is 2. The second-order valence-corrected chi connectivity index (χ2v) is 5.26. The first kappa shape index (κ1) is 14.7. The molecule has 2 rings (SSSR count). The molecule has 1 aliphatic rings. The zero-order valence-electron chi connectivity index (χ0n) is 11.2. The second kappa shape index (κ2) is 6.13. The molecule has 0 radical (unpaired) electrons. The van der Waals surface area contributed by atoms with E-state index in [0.717, 1.165) is 19.3 Å². The standard InChI is InChI=1S/C14H17ClN2O3/c1-2-7-17(10-4-5-10)14(20)16-12-6-3-9(13(18)19)8-11(12)15/h3,6,8,10H,2,4-5,7H2,1H3,(H,16,20)(H,18,19). The van der Waals surface area contributed by atoms with Crippen LogP contribution in [0.5, 0.6) is 0 Å². The van der Waals surface area contributed by atoms with E-state index in [2.05, 4.69) is 5.32 Å². The van der Waals surface area contributed by atoms with Crippen LogP contribution in [0.15, 0.2) is 18.2 Å². The Morgan fingerprint density at radius 1 is 1.45 bits per heavy atom. The summed E-state index contributed by atoms with van der Waals surface area (Å²) in [5.74, 6) is -1.05.